The Bertz CT molecular complexity index is 1230. The van der Waals surface area contributed by atoms with Crippen LogP contribution in [0.25, 0.3) is 5.65 Å². The molecule has 9 nitrogen and oxygen atoms in total. The van der Waals surface area contributed by atoms with E-state index in [1.54, 1.807) is 0 Å². The molecule has 5 atom stereocenters. The van der Waals surface area contributed by atoms with Gasteiger partial charge in [0, 0.05) is 11.2 Å². The fourth-order valence-corrected chi connectivity index (χ4v) is 3.91. The van der Waals surface area contributed by atoms with Gasteiger partial charge >= 0.3 is 11.9 Å². The van der Waals surface area contributed by atoms with Crippen LogP contribution in [0.3, 0.4) is 0 Å². The van der Waals surface area contributed by atoms with Crippen LogP contribution in [0.2, 0.25) is 5.02 Å². The Morgan fingerprint density at radius 3 is 2.48 bits per heavy atom. The third-order valence-electron chi connectivity index (χ3n) is 5.52. The largest absolute Gasteiger partial charge is 0.416 e. The summed E-state index contributed by atoms with van der Waals surface area (Å²) in [5.74, 6) is 0. The minimum absolute atomic E-state index is 0.198. The summed E-state index contributed by atoms with van der Waals surface area (Å²) in [4.78, 5) is 12.6. The van der Waals surface area contributed by atoms with Gasteiger partial charge < -0.3 is 25.2 Å². The molecule has 4 rings (SSSR count). The lowest BCUT2D eigenvalue weighted by molar-refractivity contribution is -0.231. The van der Waals surface area contributed by atoms with E-state index in [1.807, 2.05) is 0 Å². The van der Waals surface area contributed by atoms with Crippen LogP contribution >= 0.6 is 11.6 Å². The number of aliphatic hydroxyl groups is 4. The number of rotatable bonds is 4. The minimum Gasteiger partial charge on any atom is -0.394 e. The zero-order valence-electron chi connectivity index (χ0n) is 16.7. The summed E-state index contributed by atoms with van der Waals surface area (Å²) in [6.07, 6.45) is -10.5. The lowest BCUT2D eigenvalue weighted by Crippen LogP contribution is -2.55. The van der Waals surface area contributed by atoms with Gasteiger partial charge in [-0.25, -0.2) is 9.48 Å². The quantitative estimate of drug-likeness (QED) is 0.425. The third kappa shape index (κ3) is 4.37. The van der Waals surface area contributed by atoms with Gasteiger partial charge in [0.1, 0.15) is 30.5 Å². The van der Waals surface area contributed by atoms with E-state index in [9.17, 15) is 38.4 Å². The highest BCUT2D eigenvalue weighted by Crippen LogP contribution is 2.34. The molecule has 1 aliphatic heterocycles. The molecule has 0 amide bonds. The van der Waals surface area contributed by atoms with Crippen LogP contribution in [0.4, 0.5) is 13.2 Å². The first-order chi connectivity index (χ1) is 15.5. The molecule has 3 aromatic rings. The Morgan fingerprint density at radius 1 is 1.09 bits per heavy atom. The number of halogens is 4. The number of ether oxygens (including phenoxy) is 1. The molecule has 3 heterocycles. The average Bonchev–Trinajstić information content (AvgIpc) is 3.08. The average molecular weight is 490 g/mol. The van der Waals surface area contributed by atoms with Crippen molar-refractivity contribution in [3.8, 4) is 0 Å². The second-order valence-electron chi connectivity index (χ2n) is 7.68. The number of pyridine rings is 1. The summed E-state index contributed by atoms with van der Waals surface area (Å²) < 4.78 is 46.3. The van der Waals surface area contributed by atoms with E-state index in [2.05, 4.69) is 5.10 Å². The van der Waals surface area contributed by atoms with Crippen molar-refractivity contribution in [2.75, 3.05) is 6.61 Å². The van der Waals surface area contributed by atoms with Gasteiger partial charge in [0.2, 0.25) is 0 Å². The second-order valence-corrected chi connectivity index (χ2v) is 8.09. The van der Waals surface area contributed by atoms with Gasteiger partial charge in [-0.2, -0.15) is 13.2 Å². The first kappa shape index (κ1) is 23.7. The molecule has 178 valence electrons. The molecule has 33 heavy (non-hydrogen) atoms. The van der Waals surface area contributed by atoms with Gasteiger partial charge in [0.15, 0.2) is 5.65 Å². The molecule has 2 aromatic heterocycles. The van der Waals surface area contributed by atoms with Gasteiger partial charge in [0.05, 0.1) is 18.7 Å². The number of nitrogens with zero attached hydrogens (tertiary/aromatic N) is 3. The topological polar surface area (TPSA) is 129 Å². The van der Waals surface area contributed by atoms with Crippen LogP contribution in [-0.4, -0.2) is 65.6 Å². The molecule has 1 aromatic carbocycles. The molecule has 1 fully saturated rings. The SMILES string of the molecule is O=c1n(Cc2cc([C@@H]3O[C@H](CO)[C@@H](O)[C@H](O)[C@H]3O)ccc2Cl)nc2cc(C(F)(F)F)ccn12. The Kier molecular flexibility index (Phi) is 6.24. The number of hydrogen-bond donors (Lipinski definition) is 4. The van der Waals surface area contributed by atoms with Gasteiger partial charge in [0.25, 0.3) is 0 Å². The highest BCUT2D eigenvalue weighted by Gasteiger charge is 2.44. The minimum atomic E-state index is -4.59. The smallest absolute Gasteiger partial charge is 0.394 e. The van der Waals surface area contributed by atoms with E-state index in [0.717, 1.165) is 27.4 Å². The molecule has 13 heteroatoms. The number of hydrogen-bond acceptors (Lipinski definition) is 7. The maximum absolute atomic E-state index is 13.0. The fraction of sp³-hybridized carbons (Fsp3) is 0.400. The van der Waals surface area contributed by atoms with E-state index < -0.39 is 54.6 Å². The number of aliphatic hydroxyl groups excluding tert-OH is 4. The van der Waals surface area contributed by atoms with Crippen LogP contribution in [0, 0.1) is 0 Å². The van der Waals surface area contributed by atoms with E-state index in [-0.39, 0.29) is 17.2 Å². The molecular formula is C20H19ClF3N3O6. The van der Waals surface area contributed by atoms with Crippen LogP contribution in [-0.2, 0) is 17.5 Å². The normalized spacial score (nSPS) is 26.1. The van der Waals surface area contributed by atoms with Gasteiger partial charge in [-0.05, 0) is 35.4 Å². The van der Waals surface area contributed by atoms with Crippen molar-refractivity contribution in [3.63, 3.8) is 0 Å². The highest BCUT2D eigenvalue weighted by atomic mass is 35.5. The lowest BCUT2D eigenvalue weighted by Gasteiger charge is -2.40. The molecule has 1 aliphatic rings. The summed E-state index contributed by atoms with van der Waals surface area (Å²) in [5.41, 5.74) is -1.16. The van der Waals surface area contributed by atoms with Crippen molar-refractivity contribution in [2.24, 2.45) is 0 Å². The van der Waals surface area contributed by atoms with Crippen molar-refractivity contribution < 1.29 is 38.3 Å². The molecular weight excluding hydrogens is 471 g/mol. The zero-order chi connectivity index (χ0) is 24.1. The predicted octanol–water partition coefficient (Wildman–Crippen LogP) is 0.731. The Balaban J connectivity index is 1.67. The first-order valence-electron chi connectivity index (χ1n) is 9.76. The summed E-state index contributed by atoms with van der Waals surface area (Å²) in [6.45, 7) is -0.801. The Hall–Kier alpha value is -2.48. The monoisotopic (exact) mass is 489 g/mol. The molecule has 0 bridgehead atoms. The van der Waals surface area contributed by atoms with Crippen LogP contribution in [0.5, 0.6) is 0 Å². The van der Waals surface area contributed by atoms with Crippen LogP contribution < -0.4 is 5.69 Å². The van der Waals surface area contributed by atoms with Gasteiger partial charge in [-0.15, -0.1) is 5.10 Å². The standard InChI is InChI=1S/C20H19ClF3N3O6/c21-12-2-1-9(18-17(31)16(30)15(29)13(8-28)33-18)5-10(12)7-27-19(32)26-4-3-11(20(22,23)24)6-14(26)25-27/h1-6,13,15-18,28-31H,7-8H2/t13-,15-,16+,17-,18+/m1/s1. The highest BCUT2D eigenvalue weighted by molar-refractivity contribution is 6.31. The van der Waals surface area contributed by atoms with Gasteiger partial charge in [-0.1, -0.05) is 17.7 Å². The van der Waals surface area contributed by atoms with Crippen molar-refractivity contribution in [1.29, 1.82) is 0 Å². The summed E-state index contributed by atoms with van der Waals surface area (Å²) in [6, 6.07) is 5.96. The predicted molar refractivity (Wildman–Crippen MR) is 108 cm³/mol. The number of aromatic nitrogens is 3. The van der Waals surface area contributed by atoms with Crippen molar-refractivity contribution in [1.82, 2.24) is 14.2 Å². The first-order valence-corrected chi connectivity index (χ1v) is 10.1. The van der Waals surface area contributed by atoms with E-state index in [1.165, 1.54) is 18.2 Å². The summed E-state index contributed by atoms with van der Waals surface area (Å²) in [7, 11) is 0. The number of alkyl halides is 3. The fourth-order valence-electron chi connectivity index (χ4n) is 3.73. The van der Waals surface area contributed by atoms with E-state index >= 15 is 0 Å². The Morgan fingerprint density at radius 2 is 1.82 bits per heavy atom. The molecule has 0 spiro atoms. The maximum atomic E-state index is 13.0. The molecule has 0 aliphatic carbocycles. The lowest BCUT2D eigenvalue weighted by atomic mass is 9.90. The molecule has 0 saturated carbocycles. The Labute approximate surface area is 188 Å². The molecule has 0 radical (unpaired) electrons. The maximum Gasteiger partial charge on any atom is 0.416 e. The van der Waals surface area contributed by atoms with Gasteiger partial charge in [-0.3, -0.25) is 4.40 Å². The van der Waals surface area contributed by atoms with Crippen molar-refractivity contribution >= 4 is 17.2 Å². The second kappa shape index (κ2) is 8.70. The molecule has 4 N–H and O–H groups in total. The van der Waals surface area contributed by atoms with Crippen LogP contribution in [0.15, 0.2) is 41.3 Å². The van der Waals surface area contributed by atoms with Crippen LogP contribution in [0.1, 0.15) is 22.8 Å². The van der Waals surface area contributed by atoms with Crippen molar-refractivity contribution in [3.05, 3.63) is 68.7 Å². The number of fused-ring (bicyclic) bond motifs is 1. The third-order valence-corrected chi connectivity index (χ3v) is 5.89. The van der Waals surface area contributed by atoms with E-state index in [0.29, 0.717) is 11.1 Å². The summed E-state index contributed by atoms with van der Waals surface area (Å²) >= 11 is 6.23. The molecule has 1 saturated heterocycles. The number of benzene rings is 1. The van der Waals surface area contributed by atoms with E-state index in [4.69, 9.17) is 16.3 Å². The zero-order valence-corrected chi connectivity index (χ0v) is 17.5. The summed E-state index contributed by atoms with van der Waals surface area (Å²) in [5, 5.41) is 43.9. The molecule has 0 unspecified atom stereocenters. The van der Waals surface area contributed by atoms with Crippen molar-refractivity contribution in [2.45, 2.75) is 43.2 Å².